The molecule has 1 aliphatic carbocycles. The van der Waals surface area contributed by atoms with Gasteiger partial charge in [-0.1, -0.05) is 19.3 Å². The maximum atomic E-state index is 12.5. The summed E-state index contributed by atoms with van der Waals surface area (Å²) in [5.74, 6) is 0.0505. The van der Waals surface area contributed by atoms with Crippen LogP contribution in [0, 0.1) is 0 Å². The summed E-state index contributed by atoms with van der Waals surface area (Å²) in [6.45, 7) is 3.76. The highest BCUT2D eigenvalue weighted by Gasteiger charge is 2.46. The summed E-state index contributed by atoms with van der Waals surface area (Å²) in [6, 6.07) is 0. The normalized spacial score (nSPS) is 23.3. The molecule has 1 N–H and O–H groups in total. The van der Waals surface area contributed by atoms with E-state index in [-0.39, 0.29) is 18.4 Å². The quantitative estimate of drug-likeness (QED) is 0.751. The van der Waals surface area contributed by atoms with Crippen LogP contribution in [0.1, 0.15) is 39.0 Å². The lowest BCUT2D eigenvalue weighted by atomic mass is 9.79. The monoisotopic (exact) mass is 254 g/mol. The molecule has 0 aromatic heterocycles. The fourth-order valence-electron chi connectivity index (χ4n) is 2.90. The van der Waals surface area contributed by atoms with E-state index in [2.05, 4.69) is 5.32 Å². The Labute approximate surface area is 108 Å². The molecule has 2 aliphatic rings. The maximum Gasteiger partial charge on any atom is 0.248 e. The molecule has 1 saturated carbocycles. The van der Waals surface area contributed by atoms with E-state index in [1.807, 2.05) is 6.92 Å². The summed E-state index contributed by atoms with van der Waals surface area (Å²) < 4.78 is 5.27. The third kappa shape index (κ3) is 2.66. The van der Waals surface area contributed by atoms with E-state index in [0.717, 1.165) is 32.1 Å². The van der Waals surface area contributed by atoms with E-state index >= 15 is 0 Å². The topological polar surface area (TPSA) is 58.6 Å². The number of carbonyl (C=O) groups excluding carboxylic acids is 2. The predicted molar refractivity (Wildman–Crippen MR) is 67.0 cm³/mol. The molecule has 0 unspecified atom stereocenters. The number of hydrogen-bond donors (Lipinski definition) is 1. The van der Waals surface area contributed by atoms with Gasteiger partial charge in [-0.3, -0.25) is 9.59 Å². The lowest BCUT2D eigenvalue weighted by Crippen LogP contribution is -2.67. The van der Waals surface area contributed by atoms with Gasteiger partial charge in [-0.2, -0.15) is 0 Å². The Morgan fingerprint density at radius 2 is 2.00 bits per heavy atom. The first-order valence-electron chi connectivity index (χ1n) is 6.86. The number of carbonyl (C=O) groups is 2. The van der Waals surface area contributed by atoms with E-state index < -0.39 is 5.54 Å². The van der Waals surface area contributed by atoms with Crippen LogP contribution in [0.25, 0.3) is 0 Å². The Kier molecular flexibility index (Phi) is 4.22. The van der Waals surface area contributed by atoms with Gasteiger partial charge in [-0.15, -0.1) is 0 Å². The summed E-state index contributed by atoms with van der Waals surface area (Å²) in [5, 5.41) is 2.93. The zero-order chi connectivity index (χ0) is 13.0. The second-order valence-corrected chi connectivity index (χ2v) is 5.11. The minimum atomic E-state index is -0.611. The lowest BCUT2D eigenvalue weighted by molar-refractivity contribution is -0.152. The molecule has 18 heavy (non-hydrogen) atoms. The van der Waals surface area contributed by atoms with Crippen molar-refractivity contribution in [2.24, 2.45) is 0 Å². The Morgan fingerprint density at radius 3 is 2.67 bits per heavy atom. The van der Waals surface area contributed by atoms with Gasteiger partial charge in [-0.05, 0) is 19.8 Å². The van der Waals surface area contributed by atoms with Crippen LogP contribution in [0.3, 0.4) is 0 Å². The summed E-state index contributed by atoms with van der Waals surface area (Å²) >= 11 is 0. The van der Waals surface area contributed by atoms with E-state index in [4.69, 9.17) is 4.74 Å². The molecule has 1 heterocycles. The molecule has 2 fully saturated rings. The van der Waals surface area contributed by atoms with E-state index in [0.29, 0.717) is 19.8 Å². The van der Waals surface area contributed by atoms with Gasteiger partial charge in [0.2, 0.25) is 11.8 Å². The number of ether oxygens (including phenoxy) is 1. The fourth-order valence-corrected chi connectivity index (χ4v) is 2.90. The molecule has 0 radical (unpaired) electrons. The highest BCUT2D eigenvalue weighted by molar-refractivity contribution is 5.98. The van der Waals surface area contributed by atoms with Gasteiger partial charge in [0.05, 0.1) is 13.2 Å². The molecule has 102 valence electrons. The van der Waals surface area contributed by atoms with Gasteiger partial charge in [-0.25, -0.2) is 0 Å². The summed E-state index contributed by atoms with van der Waals surface area (Å²) in [4.78, 5) is 25.9. The smallest absolute Gasteiger partial charge is 0.248 e. The predicted octanol–water partition coefficient (Wildman–Crippen LogP) is 0.684. The first-order chi connectivity index (χ1) is 8.68. The van der Waals surface area contributed by atoms with Crippen molar-refractivity contribution in [1.29, 1.82) is 0 Å². The van der Waals surface area contributed by atoms with Gasteiger partial charge in [0.1, 0.15) is 5.54 Å². The molecular weight excluding hydrogens is 232 g/mol. The van der Waals surface area contributed by atoms with Gasteiger partial charge in [0, 0.05) is 13.2 Å². The Morgan fingerprint density at radius 1 is 1.28 bits per heavy atom. The molecule has 2 amide bonds. The summed E-state index contributed by atoms with van der Waals surface area (Å²) in [6.07, 6.45) is 4.76. The fraction of sp³-hybridized carbons (Fsp3) is 0.846. The van der Waals surface area contributed by atoms with Crippen LogP contribution in [0.15, 0.2) is 0 Å². The highest BCUT2D eigenvalue weighted by atomic mass is 16.5. The average Bonchev–Trinajstić information content (AvgIpc) is 2.36. The molecule has 1 saturated heterocycles. The average molecular weight is 254 g/mol. The van der Waals surface area contributed by atoms with Gasteiger partial charge >= 0.3 is 0 Å². The minimum absolute atomic E-state index is 0.0343. The molecule has 0 atom stereocenters. The molecule has 5 nitrogen and oxygen atoms in total. The van der Waals surface area contributed by atoms with Crippen molar-refractivity contribution in [3.8, 4) is 0 Å². The number of nitrogens with zero attached hydrogens (tertiary/aromatic N) is 1. The van der Waals surface area contributed by atoms with Crippen LogP contribution in [0.2, 0.25) is 0 Å². The van der Waals surface area contributed by atoms with Crippen LogP contribution >= 0.6 is 0 Å². The van der Waals surface area contributed by atoms with Gasteiger partial charge in [0.15, 0.2) is 0 Å². The Bertz CT molecular complexity index is 324. The van der Waals surface area contributed by atoms with Crippen LogP contribution in [0.5, 0.6) is 0 Å². The summed E-state index contributed by atoms with van der Waals surface area (Å²) in [7, 11) is 0. The molecular formula is C13H22N2O3. The number of nitrogens with one attached hydrogen (secondary N) is 1. The van der Waals surface area contributed by atoms with E-state index in [9.17, 15) is 9.59 Å². The van der Waals surface area contributed by atoms with Gasteiger partial charge < -0.3 is 15.0 Å². The van der Waals surface area contributed by atoms with Crippen molar-refractivity contribution >= 4 is 11.8 Å². The van der Waals surface area contributed by atoms with Crippen molar-refractivity contribution in [2.45, 2.75) is 44.6 Å². The molecule has 0 aromatic carbocycles. The maximum absolute atomic E-state index is 12.5. The Hall–Kier alpha value is -1.10. The first kappa shape index (κ1) is 13.3. The summed E-state index contributed by atoms with van der Waals surface area (Å²) in [5.41, 5.74) is -0.611. The molecule has 0 bridgehead atoms. The number of rotatable bonds is 4. The Balaban J connectivity index is 2.03. The molecule has 1 spiro atoms. The lowest BCUT2D eigenvalue weighted by Gasteiger charge is -2.44. The van der Waals surface area contributed by atoms with Gasteiger partial charge in [0.25, 0.3) is 0 Å². The molecule has 2 rings (SSSR count). The number of amides is 2. The van der Waals surface area contributed by atoms with Crippen molar-refractivity contribution in [1.82, 2.24) is 10.2 Å². The van der Waals surface area contributed by atoms with Crippen molar-refractivity contribution in [3.05, 3.63) is 0 Å². The third-order valence-corrected chi connectivity index (χ3v) is 3.83. The van der Waals surface area contributed by atoms with Crippen molar-refractivity contribution in [3.63, 3.8) is 0 Å². The zero-order valence-electron chi connectivity index (χ0n) is 11.0. The SMILES string of the molecule is CCOCCN1CC(=O)NC2(CCCCC2)C1=O. The largest absolute Gasteiger partial charge is 0.380 e. The van der Waals surface area contributed by atoms with Crippen LogP contribution in [0.4, 0.5) is 0 Å². The third-order valence-electron chi connectivity index (χ3n) is 3.83. The van der Waals surface area contributed by atoms with Crippen molar-refractivity contribution in [2.75, 3.05) is 26.3 Å². The van der Waals surface area contributed by atoms with E-state index in [1.165, 1.54) is 0 Å². The highest BCUT2D eigenvalue weighted by Crippen LogP contribution is 2.31. The first-order valence-corrected chi connectivity index (χ1v) is 6.86. The van der Waals surface area contributed by atoms with Crippen LogP contribution < -0.4 is 5.32 Å². The van der Waals surface area contributed by atoms with Crippen LogP contribution in [-0.2, 0) is 14.3 Å². The minimum Gasteiger partial charge on any atom is -0.380 e. The number of hydrogen-bond acceptors (Lipinski definition) is 3. The second-order valence-electron chi connectivity index (χ2n) is 5.11. The second kappa shape index (κ2) is 5.69. The zero-order valence-corrected chi connectivity index (χ0v) is 11.0. The van der Waals surface area contributed by atoms with Crippen molar-refractivity contribution < 1.29 is 14.3 Å². The standard InChI is InChI=1S/C13H22N2O3/c1-2-18-9-8-15-10-11(16)14-13(12(15)17)6-4-3-5-7-13/h2-10H2,1H3,(H,14,16). The molecule has 1 aliphatic heterocycles. The number of piperazine rings is 1. The molecule has 0 aromatic rings. The van der Waals surface area contributed by atoms with E-state index in [1.54, 1.807) is 4.90 Å². The van der Waals surface area contributed by atoms with Crippen LogP contribution in [-0.4, -0.2) is 48.6 Å². The molecule has 5 heteroatoms.